The minimum atomic E-state index is -0.321. The molecule has 3 atom stereocenters. The number of H-pyrrole nitrogens is 1. The Morgan fingerprint density at radius 1 is 1.48 bits per heavy atom. The Labute approximate surface area is 134 Å². The summed E-state index contributed by atoms with van der Waals surface area (Å²) < 4.78 is 4.82. The molecule has 23 heavy (non-hydrogen) atoms. The molecule has 1 aromatic heterocycles. The van der Waals surface area contributed by atoms with Gasteiger partial charge in [0.15, 0.2) is 0 Å². The molecule has 1 N–H and O–H groups in total. The first-order valence-corrected chi connectivity index (χ1v) is 7.96. The average molecular weight is 312 g/mol. The van der Waals surface area contributed by atoms with Crippen molar-refractivity contribution in [3.8, 4) is 0 Å². The summed E-state index contributed by atoms with van der Waals surface area (Å²) in [5.41, 5.74) is 4.57. The van der Waals surface area contributed by atoms with Crippen molar-refractivity contribution in [2.75, 3.05) is 20.2 Å². The molecular weight excluding hydrogens is 292 g/mol. The summed E-state index contributed by atoms with van der Waals surface area (Å²) in [6.07, 6.45) is 4.93. The van der Waals surface area contributed by atoms with Crippen LogP contribution in [-0.4, -0.2) is 41.8 Å². The standard InChI is InChI=1S/C18H20N2O3/c1-11(21)23-10-12-6-15-14-4-3-5-16-18(14)13(8-19-16)7-17(15)20(2,22)9-12/h3-6,8,12,17,19H,7,9-10H2,1-2H3/t12-,17-,20?/m1/s1. The minimum absolute atomic E-state index is 0.0385. The van der Waals surface area contributed by atoms with Crippen LogP contribution in [0.2, 0.25) is 0 Å². The van der Waals surface area contributed by atoms with Crippen molar-refractivity contribution in [2.24, 2.45) is 5.92 Å². The Hall–Kier alpha value is -2.11. The molecule has 0 saturated carbocycles. The number of hydrogen-bond acceptors (Lipinski definition) is 3. The third-order valence-corrected chi connectivity index (χ3v) is 5.04. The first-order chi connectivity index (χ1) is 11.0. The van der Waals surface area contributed by atoms with Crippen LogP contribution in [0.25, 0.3) is 16.5 Å². The molecule has 2 aromatic rings. The molecule has 4 rings (SSSR count). The van der Waals surface area contributed by atoms with Gasteiger partial charge in [0.1, 0.15) is 12.6 Å². The van der Waals surface area contributed by atoms with Gasteiger partial charge in [0.25, 0.3) is 0 Å². The van der Waals surface area contributed by atoms with E-state index in [9.17, 15) is 10.0 Å². The second-order valence-electron chi connectivity index (χ2n) is 6.80. The Kier molecular flexibility index (Phi) is 3.11. The summed E-state index contributed by atoms with van der Waals surface area (Å²) in [4.78, 5) is 14.4. The third kappa shape index (κ3) is 2.28. The summed E-state index contributed by atoms with van der Waals surface area (Å²) in [6.45, 7) is 2.12. The molecule has 2 aliphatic rings. The van der Waals surface area contributed by atoms with Crippen LogP contribution in [0, 0.1) is 11.1 Å². The van der Waals surface area contributed by atoms with Crippen LogP contribution in [-0.2, 0) is 16.0 Å². The number of hydrogen-bond donors (Lipinski definition) is 1. The fourth-order valence-electron chi connectivity index (χ4n) is 4.07. The van der Waals surface area contributed by atoms with Crippen LogP contribution in [0.4, 0.5) is 0 Å². The fraction of sp³-hybridized carbons (Fsp3) is 0.389. The van der Waals surface area contributed by atoms with Gasteiger partial charge < -0.3 is 19.6 Å². The van der Waals surface area contributed by atoms with Crippen LogP contribution in [0.1, 0.15) is 18.1 Å². The number of nitrogens with zero attached hydrogens (tertiary/aromatic N) is 1. The number of carbonyl (C=O) groups is 1. The summed E-state index contributed by atoms with van der Waals surface area (Å²) in [5, 5.41) is 14.4. The van der Waals surface area contributed by atoms with Crippen LogP contribution in [0.5, 0.6) is 0 Å². The number of nitrogens with one attached hydrogen (secondary N) is 1. The predicted molar refractivity (Wildman–Crippen MR) is 88.3 cm³/mol. The normalized spacial score (nSPS) is 29.1. The van der Waals surface area contributed by atoms with Crippen LogP contribution in [0.15, 0.2) is 30.5 Å². The van der Waals surface area contributed by atoms with Crippen LogP contribution >= 0.6 is 0 Å². The van der Waals surface area contributed by atoms with E-state index < -0.39 is 0 Å². The highest BCUT2D eigenvalue weighted by Crippen LogP contribution is 2.43. The van der Waals surface area contributed by atoms with Gasteiger partial charge in [-0.25, -0.2) is 0 Å². The molecule has 5 nitrogen and oxygen atoms in total. The second kappa shape index (κ2) is 4.94. The second-order valence-corrected chi connectivity index (χ2v) is 6.80. The quantitative estimate of drug-likeness (QED) is 0.526. The SMILES string of the molecule is CC(=O)OC[C@@H]1C=C2c3cccc4[nH]cc(c34)C[C@H]2[N+](C)([O-])C1. The number of fused-ring (bicyclic) bond motifs is 2. The number of rotatable bonds is 2. The van der Waals surface area contributed by atoms with Crippen molar-refractivity contribution in [1.82, 2.24) is 4.98 Å². The molecule has 1 aliphatic heterocycles. The monoisotopic (exact) mass is 312 g/mol. The molecule has 0 radical (unpaired) electrons. The number of hydroxylamine groups is 3. The fourth-order valence-corrected chi connectivity index (χ4v) is 4.07. The maximum Gasteiger partial charge on any atom is 0.302 e. The zero-order valence-electron chi connectivity index (χ0n) is 13.3. The average Bonchev–Trinajstić information content (AvgIpc) is 2.91. The molecule has 0 spiro atoms. The summed E-state index contributed by atoms with van der Waals surface area (Å²) in [7, 11) is 1.73. The van der Waals surface area contributed by atoms with E-state index in [1.54, 1.807) is 7.05 Å². The first-order valence-electron chi connectivity index (χ1n) is 7.96. The lowest BCUT2D eigenvalue weighted by Crippen LogP contribution is -2.55. The number of carbonyl (C=O) groups excluding carboxylic acids is 1. The zero-order valence-corrected chi connectivity index (χ0v) is 13.3. The van der Waals surface area contributed by atoms with Gasteiger partial charge in [-0.05, 0) is 17.2 Å². The van der Waals surface area contributed by atoms with Crippen molar-refractivity contribution in [3.63, 3.8) is 0 Å². The number of quaternary nitrogens is 1. The number of likely N-dealkylation sites (N-methyl/N-ethyl adjacent to an activating group) is 1. The summed E-state index contributed by atoms with van der Waals surface area (Å²) in [6, 6.07) is 6.09. The molecule has 120 valence electrons. The van der Waals surface area contributed by atoms with Gasteiger partial charge >= 0.3 is 5.97 Å². The summed E-state index contributed by atoms with van der Waals surface area (Å²) >= 11 is 0. The van der Waals surface area contributed by atoms with Crippen molar-refractivity contribution in [1.29, 1.82) is 0 Å². The Morgan fingerprint density at radius 2 is 2.30 bits per heavy atom. The van der Waals surface area contributed by atoms with Gasteiger partial charge in [0.05, 0.1) is 19.5 Å². The molecule has 1 aliphatic carbocycles. The van der Waals surface area contributed by atoms with E-state index in [1.165, 1.54) is 17.9 Å². The molecule has 0 saturated heterocycles. The molecule has 1 aromatic carbocycles. The van der Waals surface area contributed by atoms with Gasteiger partial charge in [-0.2, -0.15) is 0 Å². The zero-order chi connectivity index (χ0) is 16.2. The Morgan fingerprint density at radius 3 is 3.09 bits per heavy atom. The molecule has 1 unspecified atom stereocenters. The lowest BCUT2D eigenvalue weighted by atomic mass is 9.79. The number of esters is 1. The number of benzene rings is 1. The molecule has 2 heterocycles. The van der Waals surface area contributed by atoms with Gasteiger partial charge in [-0.3, -0.25) is 4.79 Å². The smallest absolute Gasteiger partial charge is 0.302 e. The minimum Gasteiger partial charge on any atom is -0.633 e. The number of aromatic amines is 1. The molecular formula is C18H20N2O3. The lowest BCUT2D eigenvalue weighted by Gasteiger charge is -2.51. The van der Waals surface area contributed by atoms with Crippen molar-refractivity contribution < 1.29 is 14.2 Å². The van der Waals surface area contributed by atoms with E-state index in [-0.39, 0.29) is 29.2 Å². The van der Waals surface area contributed by atoms with Gasteiger partial charge in [-0.15, -0.1) is 0 Å². The predicted octanol–water partition coefficient (Wildman–Crippen LogP) is 2.61. The van der Waals surface area contributed by atoms with Crippen molar-refractivity contribution >= 4 is 22.4 Å². The maximum atomic E-state index is 13.1. The maximum absolute atomic E-state index is 13.1. The van der Waals surface area contributed by atoms with Crippen molar-refractivity contribution in [3.05, 3.63) is 46.8 Å². The van der Waals surface area contributed by atoms with Gasteiger partial charge in [0.2, 0.25) is 0 Å². The highest BCUT2D eigenvalue weighted by Gasteiger charge is 2.40. The molecule has 5 heteroatoms. The highest BCUT2D eigenvalue weighted by atomic mass is 16.5. The Bertz CT molecular complexity index is 819. The van der Waals surface area contributed by atoms with E-state index >= 15 is 0 Å². The third-order valence-electron chi connectivity index (χ3n) is 5.04. The summed E-state index contributed by atoms with van der Waals surface area (Å²) in [5.74, 6) is -0.340. The topological polar surface area (TPSA) is 65.2 Å². The van der Waals surface area contributed by atoms with Crippen molar-refractivity contribution in [2.45, 2.75) is 19.4 Å². The highest BCUT2D eigenvalue weighted by molar-refractivity contribution is 5.98. The van der Waals surface area contributed by atoms with E-state index in [2.05, 4.69) is 23.2 Å². The van der Waals surface area contributed by atoms with E-state index in [0.29, 0.717) is 6.54 Å². The number of aromatic nitrogens is 1. The van der Waals surface area contributed by atoms with Gasteiger partial charge in [-0.1, -0.05) is 18.2 Å². The van der Waals surface area contributed by atoms with Crippen LogP contribution in [0.3, 0.4) is 0 Å². The number of ether oxygens (including phenoxy) is 1. The largest absolute Gasteiger partial charge is 0.633 e. The van der Waals surface area contributed by atoms with E-state index in [4.69, 9.17) is 4.74 Å². The van der Waals surface area contributed by atoms with Crippen LogP contribution < -0.4 is 0 Å². The Balaban J connectivity index is 1.81. The van der Waals surface area contributed by atoms with E-state index in [0.717, 1.165) is 23.1 Å². The molecule has 0 bridgehead atoms. The van der Waals surface area contributed by atoms with E-state index in [1.807, 2.05) is 12.3 Å². The molecule has 0 fully saturated rings. The first kappa shape index (κ1) is 14.5. The van der Waals surface area contributed by atoms with Gasteiger partial charge in [0, 0.05) is 36.0 Å². The molecule has 0 amide bonds. The lowest BCUT2D eigenvalue weighted by molar-refractivity contribution is -0.881.